The van der Waals surface area contributed by atoms with Gasteiger partial charge in [-0.3, -0.25) is 4.98 Å². The number of fused-ring (bicyclic) bond motifs is 1. The van der Waals surface area contributed by atoms with E-state index in [9.17, 15) is 8.78 Å². The number of aromatic nitrogens is 2. The summed E-state index contributed by atoms with van der Waals surface area (Å²) in [7, 11) is 0. The number of hydrogen-bond acceptors (Lipinski definition) is 4. The van der Waals surface area contributed by atoms with Gasteiger partial charge in [0.05, 0.1) is 30.4 Å². The largest absolute Gasteiger partial charge is 0.395 e. The van der Waals surface area contributed by atoms with Crippen molar-refractivity contribution >= 4 is 16.9 Å². The number of alkyl halides is 2. The molecular weight excluding hydrogens is 240 g/mol. The van der Waals surface area contributed by atoms with Crippen LogP contribution in [0, 0.1) is 0 Å². The first-order valence-electron chi connectivity index (χ1n) is 5.56. The Morgan fingerprint density at radius 2 is 1.94 bits per heavy atom. The molecule has 0 aliphatic carbocycles. The molecule has 2 rings (SSSR count). The summed E-state index contributed by atoms with van der Waals surface area (Å²) in [6.45, 7) is -0.563. The Morgan fingerprint density at radius 3 is 2.61 bits per heavy atom. The highest BCUT2D eigenvalue weighted by Crippen LogP contribution is 2.16. The summed E-state index contributed by atoms with van der Waals surface area (Å²) in [5, 5.41) is 8.89. The zero-order chi connectivity index (χ0) is 13.0. The van der Waals surface area contributed by atoms with Gasteiger partial charge in [0.2, 0.25) is 0 Å². The average Bonchev–Trinajstić information content (AvgIpc) is 2.37. The molecule has 1 aromatic carbocycles. The molecule has 0 fully saturated rings. The van der Waals surface area contributed by atoms with Crippen molar-refractivity contribution in [3.63, 3.8) is 0 Å². The fourth-order valence-corrected chi connectivity index (χ4v) is 1.69. The van der Waals surface area contributed by atoms with Crippen molar-refractivity contribution in [3.05, 3.63) is 30.5 Å². The van der Waals surface area contributed by atoms with E-state index in [1.807, 2.05) is 12.1 Å². The Hall–Kier alpha value is -1.82. The predicted octanol–water partition coefficient (Wildman–Crippen LogP) is 1.69. The van der Waals surface area contributed by atoms with Gasteiger partial charge in [-0.05, 0) is 12.1 Å². The van der Waals surface area contributed by atoms with E-state index in [4.69, 9.17) is 5.11 Å². The van der Waals surface area contributed by atoms with Crippen LogP contribution in [0.5, 0.6) is 0 Å². The molecule has 1 aromatic heterocycles. The van der Waals surface area contributed by atoms with E-state index < -0.39 is 13.0 Å². The second-order valence-electron chi connectivity index (χ2n) is 3.78. The highest BCUT2D eigenvalue weighted by atomic mass is 19.3. The average molecular weight is 253 g/mol. The van der Waals surface area contributed by atoms with Gasteiger partial charge in [-0.15, -0.1) is 0 Å². The van der Waals surface area contributed by atoms with Crippen molar-refractivity contribution < 1.29 is 13.9 Å². The van der Waals surface area contributed by atoms with Gasteiger partial charge in [-0.1, -0.05) is 12.1 Å². The molecular formula is C12H13F2N3O. The zero-order valence-corrected chi connectivity index (χ0v) is 9.63. The number of benzene rings is 1. The Morgan fingerprint density at radius 1 is 1.22 bits per heavy atom. The molecule has 0 aliphatic heterocycles. The second-order valence-corrected chi connectivity index (χ2v) is 3.78. The fraction of sp³-hybridized carbons (Fsp3) is 0.333. The minimum atomic E-state index is -2.48. The van der Waals surface area contributed by atoms with E-state index in [0.29, 0.717) is 16.9 Å². The van der Waals surface area contributed by atoms with Crippen LogP contribution in [0.2, 0.25) is 0 Å². The van der Waals surface area contributed by atoms with Crippen LogP contribution in [0.25, 0.3) is 11.0 Å². The standard InChI is InChI=1S/C12H13F2N3O/c13-11(14)8-17(5-6-18)12-7-15-9-3-1-2-4-10(9)16-12/h1-4,7,11,18H,5-6,8H2. The van der Waals surface area contributed by atoms with Gasteiger partial charge in [0.25, 0.3) is 6.43 Å². The summed E-state index contributed by atoms with van der Waals surface area (Å²) in [5.74, 6) is 0.350. The Balaban J connectivity index is 2.31. The molecule has 1 N–H and O–H groups in total. The number of anilines is 1. The van der Waals surface area contributed by atoms with Gasteiger partial charge in [0.1, 0.15) is 5.82 Å². The van der Waals surface area contributed by atoms with Gasteiger partial charge in [0.15, 0.2) is 0 Å². The van der Waals surface area contributed by atoms with Crippen LogP contribution in [0.1, 0.15) is 0 Å². The lowest BCUT2D eigenvalue weighted by Gasteiger charge is -2.22. The van der Waals surface area contributed by atoms with Crippen LogP contribution in [0.4, 0.5) is 14.6 Å². The molecule has 0 amide bonds. The minimum absolute atomic E-state index is 0.108. The maximum Gasteiger partial charge on any atom is 0.255 e. The van der Waals surface area contributed by atoms with Crippen LogP contribution >= 0.6 is 0 Å². The Bertz CT molecular complexity index is 521. The number of aliphatic hydroxyl groups excluding tert-OH is 1. The third kappa shape index (κ3) is 2.89. The summed E-state index contributed by atoms with van der Waals surface area (Å²) in [5.41, 5.74) is 1.36. The molecule has 0 atom stereocenters. The lowest BCUT2D eigenvalue weighted by Crippen LogP contribution is -2.32. The number of nitrogens with zero attached hydrogens (tertiary/aromatic N) is 3. The lowest BCUT2D eigenvalue weighted by atomic mass is 10.3. The number of hydrogen-bond donors (Lipinski definition) is 1. The minimum Gasteiger partial charge on any atom is -0.395 e. The molecule has 0 saturated heterocycles. The van der Waals surface area contributed by atoms with Crippen molar-refractivity contribution in [1.82, 2.24) is 9.97 Å². The molecule has 18 heavy (non-hydrogen) atoms. The topological polar surface area (TPSA) is 49.2 Å². The van der Waals surface area contributed by atoms with E-state index in [1.54, 1.807) is 12.1 Å². The maximum atomic E-state index is 12.4. The van der Waals surface area contributed by atoms with Gasteiger partial charge in [-0.25, -0.2) is 13.8 Å². The van der Waals surface area contributed by atoms with E-state index in [-0.39, 0.29) is 13.2 Å². The number of aliphatic hydroxyl groups is 1. The lowest BCUT2D eigenvalue weighted by molar-refractivity contribution is 0.152. The van der Waals surface area contributed by atoms with Gasteiger partial charge in [0, 0.05) is 6.54 Å². The number of rotatable bonds is 5. The zero-order valence-electron chi connectivity index (χ0n) is 9.63. The summed E-state index contributed by atoms with van der Waals surface area (Å²) >= 11 is 0. The summed E-state index contributed by atoms with van der Waals surface area (Å²) in [6, 6.07) is 7.21. The highest BCUT2D eigenvalue weighted by molar-refractivity contribution is 5.75. The molecule has 4 nitrogen and oxygen atoms in total. The fourth-order valence-electron chi connectivity index (χ4n) is 1.69. The number of para-hydroxylation sites is 2. The molecule has 6 heteroatoms. The van der Waals surface area contributed by atoms with Gasteiger partial charge in [-0.2, -0.15) is 0 Å². The van der Waals surface area contributed by atoms with Crippen molar-refractivity contribution in [2.45, 2.75) is 6.43 Å². The molecule has 0 radical (unpaired) electrons. The second kappa shape index (κ2) is 5.68. The smallest absolute Gasteiger partial charge is 0.255 e. The van der Waals surface area contributed by atoms with Crippen LogP contribution in [-0.4, -0.2) is 41.2 Å². The highest BCUT2D eigenvalue weighted by Gasteiger charge is 2.14. The molecule has 0 bridgehead atoms. The van der Waals surface area contributed by atoms with Crippen LogP contribution in [0.15, 0.2) is 30.5 Å². The van der Waals surface area contributed by atoms with E-state index in [2.05, 4.69) is 9.97 Å². The van der Waals surface area contributed by atoms with Crippen LogP contribution < -0.4 is 4.90 Å². The van der Waals surface area contributed by atoms with E-state index in [0.717, 1.165) is 0 Å². The monoisotopic (exact) mass is 253 g/mol. The molecule has 0 aliphatic rings. The van der Waals surface area contributed by atoms with Gasteiger partial charge < -0.3 is 10.0 Å². The van der Waals surface area contributed by atoms with Crippen LogP contribution in [-0.2, 0) is 0 Å². The molecule has 96 valence electrons. The Kier molecular flexibility index (Phi) is 3.99. The third-order valence-electron chi connectivity index (χ3n) is 2.49. The maximum absolute atomic E-state index is 12.4. The number of halogens is 2. The molecule has 0 unspecified atom stereocenters. The molecule has 2 aromatic rings. The quantitative estimate of drug-likeness (QED) is 0.881. The van der Waals surface area contributed by atoms with Crippen molar-refractivity contribution in [1.29, 1.82) is 0 Å². The summed E-state index contributed by atoms with van der Waals surface area (Å²) in [6.07, 6.45) is -1.04. The normalized spacial score (nSPS) is 11.1. The van der Waals surface area contributed by atoms with E-state index in [1.165, 1.54) is 11.1 Å². The van der Waals surface area contributed by atoms with Crippen LogP contribution in [0.3, 0.4) is 0 Å². The SMILES string of the molecule is OCCN(CC(F)F)c1cnc2ccccc2n1. The van der Waals surface area contributed by atoms with Crippen molar-refractivity contribution in [3.8, 4) is 0 Å². The summed E-state index contributed by atoms with van der Waals surface area (Å²) in [4.78, 5) is 9.75. The predicted molar refractivity (Wildman–Crippen MR) is 64.8 cm³/mol. The Labute approximate surface area is 103 Å². The van der Waals surface area contributed by atoms with E-state index >= 15 is 0 Å². The summed E-state index contributed by atoms with van der Waals surface area (Å²) < 4.78 is 24.9. The first-order chi connectivity index (χ1) is 8.70. The van der Waals surface area contributed by atoms with Crippen molar-refractivity contribution in [2.75, 3.05) is 24.6 Å². The molecule has 0 saturated carbocycles. The molecule has 1 heterocycles. The van der Waals surface area contributed by atoms with Crippen molar-refractivity contribution in [2.24, 2.45) is 0 Å². The third-order valence-corrected chi connectivity index (χ3v) is 2.49. The molecule has 0 spiro atoms. The first-order valence-corrected chi connectivity index (χ1v) is 5.56. The van der Waals surface area contributed by atoms with Gasteiger partial charge >= 0.3 is 0 Å². The first kappa shape index (κ1) is 12.6.